The number of benzene rings is 1. The Labute approximate surface area is 150 Å². The molecule has 2 unspecified atom stereocenters. The highest BCUT2D eigenvalue weighted by Crippen LogP contribution is 2.38. The van der Waals surface area contributed by atoms with Crippen molar-refractivity contribution in [3.8, 4) is 11.5 Å². The second-order valence-corrected chi connectivity index (χ2v) is 7.53. The minimum Gasteiger partial charge on any atom is -0.490 e. The monoisotopic (exact) mass is 355 g/mol. The number of ether oxygens (including phenoxy) is 2. The lowest BCUT2D eigenvalue weighted by Gasteiger charge is -2.34. The number of aliphatic hydroxyl groups is 1. The zero-order valence-electron chi connectivity index (χ0n) is 15.2. The van der Waals surface area contributed by atoms with Crippen LogP contribution in [0.3, 0.4) is 0 Å². The van der Waals surface area contributed by atoms with Gasteiger partial charge in [-0.25, -0.2) is 0 Å². The molecule has 0 radical (unpaired) electrons. The maximum absolute atomic E-state index is 10.3. The standard InChI is InChI=1S/C19H30ClNO3/c1-5-23-18-10-14(8-15-11-21(4)7-6-17(15)22)9-16(20)19(18)24-12-13(2)3/h9-10,13,15,17,22H,5-8,11-12H2,1-4H3. The molecule has 1 aliphatic rings. The van der Waals surface area contributed by atoms with E-state index in [1.807, 2.05) is 19.1 Å². The van der Waals surface area contributed by atoms with Crippen molar-refractivity contribution in [1.82, 2.24) is 4.90 Å². The first-order valence-corrected chi connectivity index (χ1v) is 9.23. The van der Waals surface area contributed by atoms with Crippen molar-refractivity contribution in [2.24, 2.45) is 11.8 Å². The van der Waals surface area contributed by atoms with Crippen LogP contribution in [0.2, 0.25) is 5.02 Å². The molecule has 1 heterocycles. The number of halogens is 1. The van der Waals surface area contributed by atoms with Gasteiger partial charge in [0.15, 0.2) is 11.5 Å². The first-order valence-electron chi connectivity index (χ1n) is 8.85. The highest BCUT2D eigenvalue weighted by molar-refractivity contribution is 6.32. The SMILES string of the molecule is CCOc1cc(CC2CN(C)CCC2O)cc(Cl)c1OCC(C)C. The van der Waals surface area contributed by atoms with Gasteiger partial charge in [0.2, 0.25) is 0 Å². The molecule has 1 aromatic rings. The third kappa shape index (κ3) is 5.27. The van der Waals surface area contributed by atoms with E-state index in [0.717, 1.165) is 31.5 Å². The minimum absolute atomic E-state index is 0.219. The van der Waals surface area contributed by atoms with Gasteiger partial charge in [0, 0.05) is 19.0 Å². The number of piperidine rings is 1. The molecule has 1 N–H and O–H groups in total. The molecule has 136 valence electrons. The number of likely N-dealkylation sites (tertiary alicyclic amines) is 1. The fourth-order valence-corrected chi connectivity index (χ4v) is 3.39. The molecule has 2 atom stereocenters. The van der Waals surface area contributed by atoms with Crippen molar-refractivity contribution in [2.75, 3.05) is 33.4 Å². The molecule has 0 spiro atoms. The highest BCUT2D eigenvalue weighted by atomic mass is 35.5. The number of rotatable bonds is 7. The van der Waals surface area contributed by atoms with Gasteiger partial charge in [-0.15, -0.1) is 0 Å². The maximum Gasteiger partial charge on any atom is 0.179 e. The molecule has 0 aromatic heterocycles. The number of hydrogen-bond acceptors (Lipinski definition) is 4. The summed E-state index contributed by atoms with van der Waals surface area (Å²) in [5, 5.41) is 10.9. The van der Waals surface area contributed by atoms with Crippen LogP contribution in [-0.2, 0) is 6.42 Å². The van der Waals surface area contributed by atoms with Crippen LogP contribution in [0.15, 0.2) is 12.1 Å². The highest BCUT2D eigenvalue weighted by Gasteiger charge is 2.26. The third-order valence-electron chi connectivity index (χ3n) is 4.32. The molecular weight excluding hydrogens is 326 g/mol. The number of aliphatic hydroxyl groups excluding tert-OH is 1. The lowest BCUT2D eigenvalue weighted by atomic mass is 9.89. The van der Waals surface area contributed by atoms with Crippen LogP contribution >= 0.6 is 11.6 Å². The van der Waals surface area contributed by atoms with E-state index in [9.17, 15) is 5.11 Å². The van der Waals surface area contributed by atoms with Crippen molar-refractivity contribution >= 4 is 11.6 Å². The van der Waals surface area contributed by atoms with E-state index in [1.165, 1.54) is 0 Å². The lowest BCUT2D eigenvalue weighted by Crippen LogP contribution is -2.41. The van der Waals surface area contributed by atoms with Crippen LogP contribution in [0.5, 0.6) is 11.5 Å². The lowest BCUT2D eigenvalue weighted by molar-refractivity contribution is 0.0366. The van der Waals surface area contributed by atoms with E-state index < -0.39 is 0 Å². The summed E-state index contributed by atoms with van der Waals surface area (Å²) in [7, 11) is 2.10. The van der Waals surface area contributed by atoms with Crippen LogP contribution < -0.4 is 9.47 Å². The molecular formula is C19H30ClNO3. The predicted molar refractivity (Wildman–Crippen MR) is 98.3 cm³/mol. The topological polar surface area (TPSA) is 41.9 Å². The van der Waals surface area contributed by atoms with E-state index in [-0.39, 0.29) is 12.0 Å². The smallest absolute Gasteiger partial charge is 0.179 e. The Bertz CT molecular complexity index is 536. The van der Waals surface area contributed by atoms with Crippen LogP contribution in [0.4, 0.5) is 0 Å². The summed E-state index contributed by atoms with van der Waals surface area (Å²) < 4.78 is 11.6. The summed E-state index contributed by atoms with van der Waals surface area (Å²) in [4.78, 5) is 2.27. The van der Waals surface area contributed by atoms with Crippen molar-refractivity contribution in [1.29, 1.82) is 0 Å². The summed E-state index contributed by atoms with van der Waals surface area (Å²) in [5.74, 6) is 1.96. The number of hydrogen-bond donors (Lipinski definition) is 1. The Morgan fingerprint density at radius 1 is 1.33 bits per heavy atom. The molecule has 1 fully saturated rings. The van der Waals surface area contributed by atoms with Gasteiger partial charge in [-0.1, -0.05) is 25.4 Å². The van der Waals surface area contributed by atoms with E-state index in [1.54, 1.807) is 0 Å². The van der Waals surface area contributed by atoms with Gasteiger partial charge < -0.3 is 19.5 Å². The van der Waals surface area contributed by atoms with Crippen LogP contribution in [-0.4, -0.2) is 49.5 Å². The quantitative estimate of drug-likeness (QED) is 0.811. The summed E-state index contributed by atoms with van der Waals surface area (Å²) in [6.07, 6.45) is 1.35. The second kappa shape index (κ2) is 8.93. The summed E-state index contributed by atoms with van der Waals surface area (Å²) in [5.41, 5.74) is 1.08. The van der Waals surface area contributed by atoms with Crippen molar-refractivity contribution < 1.29 is 14.6 Å². The molecule has 2 rings (SSSR count). The molecule has 0 saturated carbocycles. The first-order chi connectivity index (χ1) is 11.4. The van der Waals surface area contributed by atoms with Crippen molar-refractivity contribution in [3.05, 3.63) is 22.7 Å². The largest absolute Gasteiger partial charge is 0.490 e. The molecule has 0 amide bonds. The van der Waals surface area contributed by atoms with Gasteiger partial charge in [-0.2, -0.15) is 0 Å². The van der Waals surface area contributed by atoms with Gasteiger partial charge in [-0.3, -0.25) is 0 Å². The van der Waals surface area contributed by atoms with Crippen LogP contribution in [0.1, 0.15) is 32.8 Å². The van der Waals surface area contributed by atoms with E-state index in [2.05, 4.69) is 25.8 Å². The Morgan fingerprint density at radius 3 is 2.75 bits per heavy atom. The summed E-state index contributed by atoms with van der Waals surface area (Å²) >= 11 is 6.46. The minimum atomic E-state index is -0.257. The zero-order valence-corrected chi connectivity index (χ0v) is 16.0. The molecule has 1 aliphatic heterocycles. The van der Waals surface area contributed by atoms with Gasteiger partial charge >= 0.3 is 0 Å². The van der Waals surface area contributed by atoms with Gasteiger partial charge in [0.1, 0.15) is 0 Å². The van der Waals surface area contributed by atoms with E-state index in [4.69, 9.17) is 21.1 Å². The molecule has 0 aliphatic carbocycles. The van der Waals surface area contributed by atoms with Gasteiger partial charge in [-0.05, 0) is 50.4 Å². The summed E-state index contributed by atoms with van der Waals surface area (Å²) in [6, 6.07) is 3.95. The number of nitrogens with zero attached hydrogens (tertiary/aromatic N) is 1. The first kappa shape index (κ1) is 19.4. The Morgan fingerprint density at radius 2 is 2.08 bits per heavy atom. The molecule has 5 heteroatoms. The third-order valence-corrected chi connectivity index (χ3v) is 4.61. The van der Waals surface area contributed by atoms with Crippen molar-refractivity contribution in [2.45, 2.75) is 39.7 Å². The zero-order chi connectivity index (χ0) is 17.7. The normalized spacial score (nSPS) is 22.0. The molecule has 24 heavy (non-hydrogen) atoms. The fourth-order valence-electron chi connectivity index (χ4n) is 3.10. The maximum atomic E-state index is 10.3. The van der Waals surface area contributed by atoms with Gasteiger partial charge in [0.05, 0.1) is 24.3 Å². The molecule has 0 bridgehead atoms. The molecule has 1 aromatic carbocycles. The molecule has 1 saturated heterocycles. The second-order valence-electron chi connectivity index (χ2n) is 7.13. The Hall–Kier alpha value is -0.970. The Kier molecular flexibility index (Phi) is 7.20. The average molecular weight is 356 g/mol. The fraction of sp³-hybridized carbons (Fsp3) is 0.684. The van der Waals surface area contributed by atoms with Gasteiger partial charge in [0.25, 0.3) is 0 Å². The summed E-state index contributed by atoms with van der Waals surface area (Å²) in [6.45, 7) is 9.16. The average Bonchev–Trinajstić information content (AvgIpc) is 2.50. The Balaban J connectivity index is 2.18. The van der Waals surface area contributed by atoms with E-state index in [0.29, 0.717) is 35.7 Å². The van der Waals surface area contributed by atoms with E-state index >= 15 is 0 Å². The molecule has 4 nitrogen and oxygen atoms in total. The van der Waals surface area contributed by atoms with Crippen LogP contribution in [0, 0.1) is 11.8 Å². The predicted octanol–water partition coefficient (Wildman–Crippen LogP) is 3.63. The van der Waals surface area contributed by atoms with Crippen LogP contribution in [0.25, 0.3) is 0 Å². The van der Waals surface area contributed by atoms with Crippen molar-refractivity contribution in [3.63, 3.8) is 0 Å².